The fraction of sp³-hybridized carbons (Fsp3) is 0.385. The Morgan fingerprint density at radius 1 is 1.23 bits per heavy atom. The maximum absolute atomic E-state index is 12.8. The minimum Gasteiger partial charge on any atom is -0.396 e. The molecule has 0 saturated heterocycles. The van der Waals surface area contributed by atoms with E-state index in [-0.39, 0.29) is 19.8 Å². The van der Waals surface area contributed by atoms with Gasteiger partial charge in [0.25, 0.3) is 0 Å². The molecule has 0 radical (unpaired) electrons. The molecule has 22 heavy (non-hydrogen) atoms. The molecule has 0 aliphatic heterocycles. The first-order valence-electron chi connectivity index (χ1n) is 6.44. The predicted molar refractivity (Wildman–Crippen MR) is 76.0 cm³/mol. The second-order valence-corrected chi connectivity index (χ2v) is 6.74. The number of hydrogen-bond donors (Lipinski definition) is 2. The maximum atomic E-state index is 12.8. The molecule has 2 N–H and O–H groups in total. The van der Waals surface area contributed by atoms with Gasteiger partial charge in [0.2, 0.25) is 0 Å². The van der Waals surface area contributed by atoms with Crippen molar-refractivity contribution in [1.82, 2.24) is 15.0 Å². The second kappa shape index (κ2) is 6.11. The van der Waals surface area contributed by atoms with Crippen molar-refractivity contribution in [1.29, 1.82) is 0 Å². The molecule has 0 fully saturated rings. The monoisotopic (exact) mass is 329 g/mol. The molecular weight excluding hydrogens is 313 g/mol. The van der Waals surface area contributed by atoms with Gasteiger partial charge in [-0.3, -0.25) is 4.68 Å². The van der Waals surface area contributed by atoms with Crippen LogP contribution >= 0.6 is 0 Å². The zero-order valence-electron chi connectivity index (χ0n) is 11.8. The maximum Gasteiger partial charge on any atom is 0.332 e. The molecule has 1 heterocycles. The third kappa shape index (κ3) is 3.67. The van der Waals surface area contributed by atoms with Crippen molar-refractivity contribution in [2.24, 2.45) is 5.41 Å². The van der Waals surface area contributed by atoms with Crippen LogP contribution in [0.4, 0.5) is 3.89 Å². The first kappa shape index (κ1) is 16.5. The molecule has 7 nitrogen and oxygen atoms in total. The minimum absolute atomic E-state index is 0.207. The summed E-state index contributed by atoms with van der Waals surface area (Å²) in [5.74, 6) is 0. The molecule has 0 saturated carbocycles. The van der Waals surface area contributed by atoms with Crippen molar-refractivity contribution >= 4 is 10.2 Å². The third-order valence-electron chi connectivity index (χ3n) is 3.28. The van der Waals surface area contributed by atoms with E-state index in [1.54, 1.807) is 13.1 Å². The largest absolute Gasteiger partial charge is 0.396 e. The van der Waals surface area contributed by atoms with E-state index in [2.05, 4.69) is 10.3 Å². The summed E-state index contributed by atoms with van der Waals surface area (Å²) in [5.41, 5.74) is 0.325. The first-order valence-corrected chi connectivity index (χ1v) is 7.83. The summed E-state index contributed by atoms with van der Waals surface area (Å²) in [4.78, 5) is -0.420. The highest BCUT2D eigenvalue weighted by Crippen LogP contribution is 2.22. The van der Waals surface area contributed by atoms with Gasteiger partial charge in [-0.1, -0.05) is 24.3 Å². The van der Waals surface area contributed by atoms with E-state index >= 15 is 0 Å². The van der Waals surface area contributed by atoms with Crippen LogP contribution in [0, 0.1) is 5.41 Å². The summed E-state index contributed by atoms with van der Waals surface area (Å²) in [6.45, 7) is 1.56. The molecule has 0 atom stereocenters. The highest BCUT2D eigenvalue weighted by atomic mass is 32.3. The Morgan fingerprint density at radius 3 is 2.32 bits per heavy atom. The van der Waals surface area contributed by atoms with Gasteiger partial charge in [-0.05, 0) is 12.1 Å². The standard InChI is InChI=1S/C13H16FN3O4S/c1-13(8-18,9-19)7-17-6-12(15-16-17)10-2-4-11(5-3-10)22(14,20)21/h2-6,18-19H,7-9H2,1H3. The SMILES string of the molecule is CC(CO)(CO)Cn1cc(-c2ccc(S(=O)(=O)F)cc2)nn1. The van der Waals surface area contributed by atoms with Gasteiger partial charge in [0.15, 0.2) is 0 Å². The lowest BCUT2D eigenvalue weighted by molar-refractivity contribution is 0.0519. The number of hydrogen-bond acceptors (Lipinski definition) is 6. The van der Waals surface area contributed by atoms with E-state index in [1.165, 1.54) is 16.8 Å². The van der Waals surface area contributed by atoms with Gasteiger partial charge in [0.1, 0.15) is 5.69 Å². The van der Waals surface area contributed by atoms with Crippen LogP contribution in [0.1, 0.15) is 6.92 Å². The summed E-state index contributed by atoms with van der Waals surface area (Å²) in [7, 11) is -4.72. The summed E-state index contributed by atoms with van der Waals surface area (Å²) >= 11 is 0. The molecular formula is C13H16FN3O4S. The van der Waals surface area contributed by atoms with Crippen molar-refractivity contribution in [3.63, 3.8) is 0 Å². The van der Waals surface area contributed by atoms with Gasteiger partial charge in [-0.2, -0.15) is 8.42 Å². The van der Waals surface area contributed by atoms with Crippen molar-refractivity contribution < 1.29 is 22.5 Å². The molecule has 0 bridgehead atoms. The number of benzene rings is 1. The Labute approximate surface area is 127 Å². The number of nitrogens with zero attached hydrogens (tertiary/aromatic N) is 3. The highest BCUT2D eigenvalue weighted by Gasteiger charge is 2.24. The molecule has 0 spiro atoms. The normalized spacial score (nSPS) is 12.5. The van der Waals surface area contributed by atoms with Crippen LogP contribution in [0.5, 0.6) is 0 Å². The van der Waals surface area contributed by atoms with E-state index in [0.29, 0.717) is 11.3 Å². The zero-order valence-corrected chi connectivity index (χ0v) is 12.7. The summed E-state index contributed by atoms with van der Waals surface area (Å²) in [5, 5.41) is 26.4. The molecule has 2 aromatic rings. The van der Waals surface area contributed by atoms with Gasteiger partial charge >= 0.3 is 10.2 Å². The Kier molecular flexibility index (Phi) is 4.59. The van der Waals surface area contributed by atoms with Crippen molar-refractivity contribution in [2.75, 3.05) is 13.2 Å². The Hall–Kier alpha value is -1.84. The molecule has 0 aliphatic carbocycles. The molecule has 0 aliphatic rings. The van der Waals surface area contributed by atoms with Gasteiger partial charge in [0, 0.05) is 11.0 Å². The molecule has 1 aromatic carbocycles. The number of aliphatic hydroxyl groups excluding tert-OH is 2. The number of rotatable bonds is 6. The number of halogens is 1. The second-order valence-electron chi connectivity index (χ2n) is 5.39. The first-order chi connectivity index (χ1) is 10.3. The van der Waals surface area contributed by atoms with Gasteiger partial charge < -0.3 is 10.2 Å². The van der Waals surface area contributed by atoms with E-state index in [1.807, 2.05) is 0 Å². The molecule has 0 unspecified atom stereocenters. The van der Waals surface area contributed by atoms with Crippen molar-refractivity contribution in [3.8, 4) is 11.3 Å². The Bertz CT molecular complexity index is 739. The molecule has 9 heteroatoms. The van der Waals surface area contributed by atoms with Crippen LogP contribution in [0.25, 0.3) is 11.3 Å². The summed E-state index contributed by atoms with van der Waals surface area (Å²) < 4.78 is 35.8. The number of aromatic nitrogens is 3. The molecule has 0 amide bonds. The van der Waals surface area contributed by atoms with Crippen LogP contribution < -0.4 is 0 Å². The molecule has 120 valence electrons. The van der Waals surface area contributed by atoms with E-state index in [0.717, 1.165) is 12.1 Å². The van der Waals surface area contributed by atoms with Crippen LogP contribution in [0.2, 0.25) is 0 Å². The predicted octanol–water partition coefficient (Wildman–Crippen LogP) is 0.594. The number of aliphatic hydroxyl groups is 2. The van der Waals surface area contributed by atoms with Crippen LogP contribution in [-0.2, 0) is 16.8 Å². The smallest absolute Gasteiger partial charge is 0.332 e. The zero-order chi connectivity index (χ0) is 16.4. The minimum atomic E-state index is -4.72. The van der Waals surface area contributed by atoms with E-state index in [4.69, 9.17) is 0 Å². The molecule has 1 aromatic heterocycles. The van der Waals surface area contributed by atoms with Crippen molar-refractivity contribution in [3.05, 3.63) is 30.5 Å². The lowest BCUT2D eigenvalue weighted by atomic mass is 9.93. The average molecular weight is 329 g/mol. The topological polar surface area (TPSA) is 105 Å². The lowest BCUT2D eigenvalue weighted by Crippen LogP contribution is -2.31. The van der Waals surface area contributed by atoms with Crippen LogP contribution in [-0.4, -0.2) is 46.8 Å². The van der Waals surface area contributed by atoms with Crippen LogP contribution in [0.15, 0.2) is 35.4 Å². The average Bonchev–Trinajstić information content (AvgIpc) is 2.94. The fourth-order valence-electron chi connectivity index (χ4n) is 1.84. The fourth-order valence-corrected chi connectivity index (χ4v) is 2.30. The Morgan fingerprint density at radius 2 is 1.82 bits per heavy atom. The highest BCUT2D eigenvalue weighted by molar-refractivity contribution is 7.86. The quantitative estimate of drug-likeness (QED) is 0.752. The lowest BCUT2D eigenvalue weighted by Gasteiger charge is -2.23. The third-order valence-corrected chi connectivity index (χ3v) is 4.11. The van der Waals surface area contributed by atoms with Crippen molar-refractivity contribution in [2.45, 2.75) is 18.4 Å². The summed E-state index contributed by atoms with van der Waals surface area (Å²) in [6.07, 6.45) is 1.60. The van der Waals surface area contributed by atoms with Crippen LogP contribution in [0.3, 0.4) is 0 Å². The van der Waals surface area contributed by atoms with E-state index in [9.17, 15) is 22.5 Å². The Balaban J connectivity index is 2.21. The van der Waals surface area contributed by atoms with Gasteiger partial charge in [0.05, 0.1) is 30.9 Å². The van der Waals surface area contributed by atoms with Gasteiger partial charge in [-0.15, -0.1) is 8.98 Å². The summed E-state index contributed by atoms with van der Waals surface area (Å²) in [6, 6.07) is 5.15. The molecule has 2 rings (SSSR count). The van der Waals surface area contributed by atoms with E-state index < -0.39 is 20.5 Å². The van der Waals surface area contributed by atoms with Gasteiger partial charge in [-0.25, -0.2) is 0 Å².